The predicted molar refractivity (Wildman–Crippen MR) is 90.8 cm³/mol. The van der Waals surface area contributed by atoms with Crippen LogP contribution >= 0.6 is 0 Å². The molecule has 0 saturated heterocycles. The summed E-state index contributed by atoms with van der Waals surface area (Å²) in [7, 11) is 6.45. The van der Waals surface area contributed by atoms with Crippen LogP contribution in [0.3, 0.4) is 0 Å². The predicted octanol–water partition coefficient (Wildman–Crippen LogP) is 1.41. The van der Waals surface area contributed by atoms with E-state index >= 15 is 0 Å². The molecule has 0 radical (unpaired) electrons. The van der Waals surface area contributed by atoms with Gasteiger partial charge in [0.15, 0.2) is 17.5 Å². The van der Waals surface area contributed by atoms with Gasteiger partial charge in [-0.3, -0.25) is 0 Å². The normalized spacial score (nSPS) is 11.1. The van der Waals surface area contributed by atoms with Crippen LogP contribution in [0.1, 0.15) is 12.5 Å². The highest BCUT2D eigenvalue weighted by atomic mass is 16.5. The molecule has 0 bridgehead atoms. The molecule has 0 aliphatic heterocycles. The molecule has 0 saturated carbocycles. The Morgan fingerprint density at radius 2 is 1.74 bits per heavy atom. The van der Waals surface area contributed by atoms with Crippen LogP contribution in [0, 0.1) is 0 Å². The summed E-state index contributed by atoms with van der Waals surface area (Å²) in [4.78, 5) is 4.56. The average molecular weight is 325 g/mol. The van der Waals surface area contributed by atoms with Gasteiger partial charge in [-0.05, 0) is 19.1 Å². The molecule has 7 heteroatoms. The molecule has 0 spiro atoms. The van der Waals surface area contributed by atoms with E-state index in [0.29, 0.717) is 36.9 Å². The molecule has 23 heavy (non-hydrogen) atoms. The molecule has 0 aliphatic rings. The van der Waals surface area contributed by atoms with E-state index in [1.165, 1.54) is 0 Å². The fourth-order valence-electron chi connectivity index (χ4n) is 2.07. The summed E-state index contributed by atoms with van der Waals surface area (Å²) in [6.07, 6.45) is 0. The molecule has 0 unspecified atom stereocenters. The molecule has 1 aromatic carbocycles. The Balaban J connectivity index is 2.94. The minimum Gasteiger partial charge on any atom is -0.493 e. The van der Waals surface area contributed by atoms with Crippen molar-refractivity contribution in [2.75, 3.05) is 48.1 Å². The van der Waals surface area contributed by atoms with Crippen molar-refractivity contribution >= 4 is 5.96 Å². The van der Waals surface area contributed by atoms with E-state index in [4.69, 9.17) is 18.9 Å². The van der Waals surface area contributed by atoms with Gasteiger partial charge in [0.2, 0.25) is 5.75 Å². The van der Waals surface area contributed by atoms with Crippen molar-refractivity contribution in [1.82, 2.24) is 10.6 Å². The van der Waals surface area contributed by atoms with Crippen LogP contribution in [-0.2, 0) is 11.3 Å². The molecule has 0 fully saturated rings. The molecule has 2 N–H and O–H groups in total. The van der Waals surface area contributed by atoms with Crippen LogP contribution in [0.2, 0.25) is 0 Å². The van der Waals surface area contributed by atoms with Gasteiger partial charge in [-0.2, -0.15) is 0 Å². The third-order valence-corrected chi connectivity index (χ3v) is 3.14. The second-order valence-corrected chi connectivity index (χ2v) is 4.61. The lowest BCUT2D eigenvalue weighted by molar-refractivity contribution is 0.203. The third kappa shape index (κ3) is 5.52. The summed E-state index contributed by atoms with van der Waals surface area (Å²) in [5, 5.41) is 6.38. The molecule has 0 aromatic heterocycles. The van der Waals surface area contributed by atoms with Gasteiger partial charge >= 0.3 is 0 Å². The van der Waals surface area contributed by atoms with Crippen LogP contribution in [0.5, 0.6) is 17.2 Å². The Morgan fingerprint density at radius 3 is 2.30 bits per heavy atom. The molecular formula is C16H27N3O4. The second-order valence-electron chi connectivity index (χ2n) is 4.61. The number of methoxy groups -OCH3 is 4. The van der Waals surface area contributed by atoms with Gasteiger partial charge < -0.3 is 29.6 Å². The Hall–Kier alpha value is -2.15. The summed E-state index contributed by atoms with van der Waals surface area (Å²) in [5.74, 6) is 2.55. The van der Waals surface area contributed by atoms with E-state index in [0.717, 1.165) is 18.1 Å². The quantitative estimate of drug-likeness (QED) is 0.406. The van der Waals surface area contributed by atoms with Gasteiger partial charge in [-0.25, -0.2) is 4.99 Å². The van der Waals surface area contributed by atoms with Crippen molar-refractivity contribution in [3.05, 3.63) is 17.7 Å². The van der Waals surface area contributed by atoms with Crippen LogP contribution in [0.4, 0.5) is 0 Å². The molecular weight excluding hydrogens is 298 g/mol. The summed E-state index contributed by atoms with van der Waals surface area (Å²) < 4.78 is 21.2. The summed E-state index contributed by atoms with van der Waals surface area (Å²) in [6, 6.07) is 3.76. The first-order valence-corrected chi connectivity index (χ1v) is 7.50. The Kier molecular flexibility index (Phi) is 8.67. The van der Waals surface area contributed by atoms with Crippen molar-refractivity contribution in [1.29, 1.82) is 0 Å². The van der Waals surface area contributed by atoms with Crippen molar-refractivity contribution in [3.63, 3.8) is 0 Å². The first-order chi connectivity index (χ1) is 11.2. The molecule has 0 atom stereocenters. The first kappa shape index (κ1) is 18.9. The minimum absolute atomic E-state index is 0.450. The van der Waals surface area contributed by atoms with E-state index in [9.17, 15) is 0 Å². The number of rotatable bonds is 9. The molecule has 1 aromatic rings. The number of hydrogen-bond donors (Lipinski definition) is 2. The van der Waals surface area contributed by atoms with Crippen LogP contribution in [0.25, 0.3) is 0 Å². The van der Waals surface area contributed by atoms with Gasteiger partial charge in [-0.15, -0.1) is 0 Å². The smallest absolute Gasteiger partial charge is 0.203 e. The number of benzene rings is 1. The topological polar surface area (TPSA) is 73.3 Å². The number of hydrogen-bond acceptors (Lipinski definition) is 5. The van der Waals surface area contributed by atoms with E-state index in [2.05, 4.69) is 15.6 Å². The zero-order valence-corrected chi connectivity index (χ0v) is 14.6. The Bertz CT molecular complexity index is 506. The van der Waals surface area contributed by atoms with Crippen LogP contribution < -0.4 is 24.8 Å². The van der Waals surface area contributed by atoms with Crippen LogP contribution in [-0.4, -0.2) is 54.1 Å². The number of guanidine groups is 1. The van der Waals surface area contributed by atoms with Gasteiger partial charge in [0.25, 0.3) is 0 Å². The number of aliphatic imine (C=N–C) groups is 1. The van der Waals surface area contributed by atoms with Crippen molar-refractivity contribution in [2.45, 2.75) is 13.5 Å². The summed E-state index contributed by atoms with van der Waals surface area (Å²) in [5.41, 5.74) is 0.911. The maximum Gasteiger partial charge on any atom is 0.203 e. The van der Waals surface area contributed by atoms with Gasteiger partial charge in [0.1, 0.15) is 0 Å². The zero-order chi connectivity index (χ0) is 17.1. The molecule has 1 rings (SSSR count). The first-order valence-electron chi connectivity index (χ1n) is 7.50. The highest BCUT2D eigenvalue weighted by Crippen LogP contribution is 2.39. The Morgan fingerprint density at radius 1 is 1.00 bits per heavy atom. The number of ether oxygens (including phenoxy) is 4. The maximum absolute atomic E-state index is 5.47. The number of nitrogens with zero attached hydrogens (tertiary/aromatic N) is 1. The van der Waals surface area contributed by atoms with Gasteiger partial charge in [-0.1, -0.05) is 0 Å². The largest absolute Gasteiger partial charge is 0.493 e. The van der Waals surface area contributed by atoms with E-state index in [-0.39, 0.29) is 0 Å². The standard InChI is InChI=1S/C16H27N3O4/c1-6-17-16(18-9-10-20-2)19-11-12-7-8-13(21-3)15(23-5)14(12)22-4/h7-8H,6,9-11H2,1-5H3,(H2,17,18,19). The zero-order valence-electron chi connectivity index (χ0n) is 14.6. The minimum atomic E-state index is 0.450. The maximum atomic E-state index is 5.47. The van der Waals surface area contributed by atoms with Crippen molar-refractivity contribution in [3.8, 4) is 17.2 Å². The van der Waals surface area contributed by atoms with Gasteiger partial charge in [0.05, 0.1) is 34.5 Å². The molecule has 7 nitrogen and oxygen atoms in total. The molecule has 130 valence electrons. The SMILES string of the molecule is CCNC(=NCc1ccc(OC)c(OC)c1OC)NCCOC. The van der Waals surface area contributed by atoms with Gasteiger partial charge in [0, 0.05) is 25.8 Å². The molecule has 0 amide bonds. The third-order valence-electron chi connectivity index (χ3n) is 3.14. The Labute approximate surface area is 138 Å². The van der Waals surface area contributed by atoms with E-state index in [1.807, 2.05) is 19.1 Å². The summed E-state index contributed by atoms with van der Waals surface area (Å²) >= 11 is 0. The lowest BCUT2D eigenvalue weighted by atomic mass is 10.1. The lowest BCUT2D eigenvalue weighted by Gasteiger charge is -2.15. The average Bonchev–Trinajstić information content (AvgIpc) is 2.58. The number of nitrogens with one attached hydrogen (secondary N) is 2. The highest BCUT2D eigenvalue weighted by molar-refractivity contribution is 5.79. The summed E-state index contributed by atoms with van der Waals surface area (Å²) in [6.45, 7) is 4.55. The van der Waals surface area contributed by atoms with Crippen LogP contribution in [0.15, 0.2) is 17.1 Å². The van der Waals surface area contributed by atoms with E-state index in [1.54, 1.807) is 28.4 Å². The monoisotopic (exact) mass is 325 g/mol. The van der Waals surface area contributed by atoms with Crippen molar-refractivity contribution < 1.29 is 18.9 Å². The fraction of sp³-hybridized carbons (Fsp3) is 0.562. The molecule has 0 heterocycles. The van der Waals surface area contributed by atoms with E-state index < -0.39 is 0 Å². The fourth-order valence-corrected chi connectivity index (χ4v) is 2.07. The van der Waals surface area contributed by atoms with Crippen molar-refractivity contribution in [2.24, 2.45) is 4.99 Å². The second kappa shape index (κ2) is 10.6. The molecule has 0 aliphatic carbocycles. The lowest BCUT2D eigenvalue weighted by Crippen LogP contribution is -2.38. The highest BCUT2D eigenvalue weighted by Gasteiger charge is 2.15.